The Morgan fingerprint density at radius 2 is 1.75 bits per heavy atom. The van der Waals surface area contributed by atoms with Crippen molar-refractivity contribution in [1.82, 2.24) is 20.1 Å². The Kier molecular flexibility index (Phi) is 7.63. The number of methoxy groups -OCH3 is 1. The van der Waals surface area contributed by atoms with Crippen LogP contribution < -0.4 is 14.8 Å². The van der Waals surface area contributed by atoms with Crippen molar-refractivity contribution in [2.45, 2.75) is 39.3 Å². The van der Waals surface area contributed by atoms with Crippen LogP contribution in [0, 0.1) is 5.82 Å². The maximum absolute atomic E-state index is 13.4. The number of amides is 1. The lowest BCUT2D eigenvalue weighted by molar-refractivity contribution is 0.0938. The molecule has 0 aliphatic heterocycles. The van der Waals surface area contributed by atoms with Crippen molar-refractivity contribution in [2.75, 3.05) is 7.11 Å². The molecule has 2 aromatic carbocycles. The van der Waals surface area contributed by atoms with E-state index in [9.17, 15) is 9.18 Å². The Balaban J connectivity index is 1.50. The van der Waals surface area contributed by atoms with Crippen LogP contribution in [0.15, 0.2) is 73.2 Å². The number of benzene rings is 2. The van der Waals surface area contributed by atoms with Gasteiger partial charge in [0.1, 0.15) is 12.4 Å². The molecule has 186 valence electrons. The first-order chi connectivity index (χ1) is 17.4. The van der Waals surface area contributed by atoms with Crippen LogP contribution in [0.5, 0.6) is 11.5 Å². The molecule has 4 aromatic rings. The van der Waals surface area contributed by atoms with Gasteiger partial charge in [-0.1, -0.05) is 19.9 Å². The highest BCUT2D eigenvalue weighted by Crippen LogP contribution is 2.31. The summed E-state index contributed by atoms with van der Waals surface area (Å²) in [5.74, 6) is 0.643. The molecule has 7 nitrogen and oxygen atoms in total. The lowest BCUT2D eigenvalue weighted by Crippen LogP contribution is -2.27. The van der Waals surface area contributed by atoms with Crippen LogP contribution in [0.3, 0.4) is 0 Å². The predicted molar refractivity (Wildman–Crippen MR) is 135 cm³/mol. The van der Waals surface area contributed by atoms with Gasteiger partial charge in [0.05, 0.1) is 36.3 Å². The molecule has 2 heterocycles. The molecule has 0 bridgehead atoms. The average Bonchev–Trinajstić information content (AvgIpc) is 3.34. The van der Waals surface area contributed by atoms with E-state index in [0.29, 0.717) is 29.4 Å². The van der Waals surface area contributed by atoms with E-state index in [2.05, 4.69) is 15.4 Å². The van der Waals surface area contributed by atoms with Crippen LogP contribution in [0.25, 0.3) is 5.69 Å². The fourth-order valence-corrected chi connectivity index (χ4v) is 3.95. The minimum Gasteiger partial charge on any atom is -0.493 e. The third-order valence-corrected chi connectivity index (χ3v) is 5.85. The van der Waals surface area contributed by atoms with E-state index in [1.165, 1.54) is 12.1 Å². The largest absolute Gasteiger partial charge is 0.493 e. The van der Waals surface area contributed by atoms with Crippen molar-refractivity contribution < 1.29 is 18.7 Å². The van der Waals surface area contributed by atoms with Crippen LogP contribution >= 0.6 is 0 Å². The first-order valence-corrected chi connectivity index (χ1v) is 11.7. The van der Waals surface area contributed by atoms with E-state index in [1.54, 1.807) is 42.5 Å². The zero-order valence-electron chi connectivity index (χ0n) is 20.7. The summed E-state index contributed by atoms with van der Waals surface area (Å²) in [4.78, 5) is 17.3. The van der Waals surface area contributed by atoms with Gasteiger partial charge >= 0.3 is 0 Å². The van der Waals surface area contributed by atoms with E-state index >= 15 is 0 Å². The SMILES string of the molecule is COc1cc(C(C)NC(=O)c2cnn(-c3ccc(F)cc3)c2C(C)C)ccc1OCc1ccncc1. The summed E-state index contributed by atoms with van der Waals surface area (Å²) in [7, 11) is 1.58. The van der Waals surface area contributed by atoms with E-state index in [-0.39, 0.29) is 23.7 Å². The second kappa shape index (κ2) is 11.0. The lowest BCUT2D eigenvalue weighted by Gasteiger charge is -2.18. The summed E-state index contributed by atoms with van der Waals surface area (Å²) in [5, 5.41) is 7.47. The van der Waals surface area contributed by atoms with Gasteiger partial charge in [0, 0.05) is 12.4 Å². The second-order valence-electron chi connectivity index (χ2n) is 8.74. The Labute approximate surface area is 209 Å². The summed E-state index contributed by atoms with van der Waals surface area (Å²) in [5.41, 5.74) is 3.79. The first-order valence-electron chi connectivity index (χ1n) is 11.7. The maximum Gasteiger partial charge on any atom is 0.255 e. The predicted octanol–water partition coefficient (Wildman–Crippen LogP) is 5.61. The topological polar surface area (TPSA) is 78.3 Å². The number of aromatic nitrogens is 3. The fourth-order valence-electron chi connectivity index (χ4n) is 3.95. The zero-order chi connectivity index (χ0) is 25.7. The number of pyridine rings is 1. The number of ether oxygens (including phenoxy) is 2. The van der Waals surface area contributed by atoms with Crippen molar-refractivity contribution in [3.63, 3.8) is 0 Å². The Hall–Kier alpha value is -4.20. The second-order valence-corrected chi connectivity index (χ2v) is 8.74. The van der Waals surface area contributed by atoms with Gasteiger partial charge in [-0.2, -0.15) is 5.10 Å². The molecule has 36 heavy (non-hydrogen) atoms. The van der Waals surface area contributed by atoms with Crippen LogP contribution in [0.4, 0.5) is 4.39 Å². The van der Waals surface area contributed by atoms with Crippen LogP contribution in [0.1, 0.15) is 59.9 Å². The minimum absolute atomic E-state index is 0.0190. The number of hydrogen-bond donors (Lipinski definition) is 1. The van der Waals surface area contributed by atoms with Crippen molar-refractivity contribution in [3.05, 3.63) is 101 Å². The fraction of sp³-hybridized carbons (Fsp3) is 0.250. The van der Waals surface area contributed by atoms with Crippen LogP contribution in [-0.2, 0) is 6.61 Å². The number of hydrogen-bond acceptors (Lipinski definition) is 5. The molecule has 8 heteroatoms. The van der Waals surface area contributed by atoms with Crippen molar-refractivity contribution in [1.29, 1.82) is 0 Å². The van der Waals surface area contributed by atoms with Gasteiger partial charge in [0.2, 0.25) is 0 Å². The lowest BCUT2D eigenvalue weighted by atomic mass is 10.0. The molecule has 0 aliphatic carbocycles. The molecule has 0 saturated carbocycles. The number of halogens is 1. The first kappa shape index (κ1) is 24.9. The highest BCUT2D eigenvalue weighted by Gasteiger charge is 2.23. The third kappa shape index (κ3) is 5.54. The number of nitrogens with zero attached hydrogens (tertiary/aromatic N) is 3. The molecule has 1 atom stereocenters. The van der Waals surface area contributed by atoms with Crippen LogP contribution in [0.2, 0.25) is 0 Å². The van der Waals surface area contributed by atoms with Crippen molar-refractivity contribution >= 4 is 5.91 Å². The van der Waals surface area contributed by atoms with Crippen molar-refractivity contribution in [3.8, 4) is 17.2 Å². The molecule has 1 unspecified atom stereocenters. The highest BCUT2D eigenvalue weighted by atomic mass is 19.1. The number of carbonyl (C=O) groups excluding carboxylic acids is 1. The van der Waals surface area contributed by atoms with E-state index in [4.69, 9.17) is 9.47 Å². The molecule has 0 aliphatic rings. The Bertz CT molecular complexity index is 1320. The van der Waals surface area contributed by atoms with Gasteiger partial charge in [-0.3, -0.25) is 9.78 Å². The molecule has 0 saturated heterocycles. The summed E-state index contributed by atoms with van der Waals surface area (Å²) >= 11 is 0. The number of nitrogens with one attached hydrogen (secondary N) is 1. The van der Waals surface area contributed by atoms with Gasteiger partial charge in [-0.25, -0.2) is 9.07 Å². The molecular weight excluding hydrogens is 459 g/mol. The quantitative estimate of drug-likeness (QED) is 0.331. The average molecular weight is 489 g/mol. The molecule has 0 spiro atoms. The molecule has 0 fully saturated rings. The van der Waals surface area contributed by atoms with Gasteiger partial charge in [0.25, 0.3) is 5.91 Å². The van der Waals surface area contributed by atoms with E-state index in [0.717, 1.165) is 16.8 Å². The number of carbonyl (C=O) groups is 1. The number of rotatable bonds is 9. The molecule has 2 aromatic heterocycles. The summed E-state index contributed by atoms with van der Waals surface area (Å²) < 4.78 is 26.5. The minimum atomic E-state index is -0.326. The molecule has 1 N–H and O–H groups in total. The third-order valence-electron chi connectivity index (χ3n) is 5.85. The molecule has 1 amide bonds. The molecule has 0 radical (unpaired) electrons. The van der Waals surface area contributed by atoms with Gasteiger partial charge in [0.15, 0.2) is 11.5 Å². The summed E-state index contributed by atoms with van der Waals surface area (Å²) in [6.07, 6.45) is 4.99. The molecular formula is C28H29FN4O3. The summed E-state index contributed by atoms with van der Waals surface area (Å²) in [6, 6.07) is 15.1. The van der Waals surface area contributed by atoms with Gasteiger partial charge < -0.3 is 14.8 Å². The Morgan fingerprint density at radius 3 is 2.42 bits per heavy atom. The standard InChI is InChI=1S/C28H29FN4O3/c1-18(2)27-24(16-31-33(27)23-8-6-22(29)7-9-23)28(34)32-19(3)21-5-10-25(26(15-21)35-4)36-17-20-11-13-30-14-12-20/h5-16,18-19H,17H2,1-4H3,(H,32,34). The van der Waals surface area contributed by atoms with Crippen molar-refractivity contribution in [2.24, 2.45) is 0 Å². The van der Waals surface area contributed by atoms with E-state index in [1.807, 2.05) is 51.1 Å². The smallest absolute Gasteiger partial charge is 0.255 e. The van der Waals surface area contributed by atoms with E-state index < -0.39 is 0 Å². The molecule has 4 rings (SSSR count). The summed E-state index contributed by atoms with van der Waals surface area (Å²) in [6.45, 7) is 6.28. The van der Waals surface area contributed by atoms with Gasteiger partial charge in [-0.15, -0.1) is 0 Å². The Morgan fingerprint density at radius 1 is 1.03 bits per heavy atom. The zero-order valence-corrected chi connectivity index (χ0v) is 20.7. The van der Waals surface area contributed by atoms with Crippen LogP contribution in [-0.4, -0.2) is 27.8 Å². The maximum atomic E-state index is 13.4. The highest BCUT2D eigenvalue weighted by molar-refractivity contribution is 5.95. The van der Waals surface area contributed by atoms with Gasteiger partial charge in [-0.05, 0) is 72.5 Å². The monoisotopic (exact) mass is 488 g/mol. The normalized spacial score (nSPS) is 11.8.